The van der Waals surface area contributed by atoms with Crippen LogP contribution in [-0.4, -0.2) is 12.7 Å². The Balaban J connectivity index is 2.93. The van der Waals surface area contributed by atoms with Gasteiger partial charge < -0.3 is 0 Å². The van der Waals surface area contributed by atoms with Crippen molar-refractivity contribution in [2.75, 3.05) is 6.61 Å². The molecule has 0 aromatic heterocycles. The molecule has 0 aliphatic rings. The third-order valence-corrected chi connectivity index (χ3v) is 3.84. The lowest BCUT2D eigenvalue weighted by Crippen LogP contribution is -2.04. The molecule has 0 bridgehead atoms. The average Bonchev–Trinajstić information content (AvgIpc) is 2.46. The van der Waals surface area contributed by atoms with Gasteiger partial charge in [-0.15, -0.1) is 0 Å². The largest absolute Gasteiger partial charge is 0.236 e. The SMILES string of the molecule is CCCCCCCCCCCCCCCCOOC(C)C. The molecule has 0 fully saturated rings. The second kappa shape index (κ2) is 18.0. The van der Waals surface area contributed by atoms with Crippen LogP contribution in [-0.2, 0) is 9.78 Å². The monoisotopic (exact) mass is 300 g/mol. The van der Waals surface area contributed by atoms with Gasteiger partial charge in [0, 0.05) is 0 Å². The first-order chi connectivity index (χ1) is 10.3. The predicted molar refractivity (Wildman–Crippen MR) is 92.5 cm³/mol. The highest BCUT2D eigenvalue weighted by Gasteiger charge is 1.96. The van der Waals surface area contributed by atoms with Gasteiger partial charge >= 0.3 is 0 Å². The number of hydrogen-bond donors (Lipinski definition) is 0. The Morgan fingerprint density at radius 1 is 0.571 bits per heavy atom. The summed E-state index contributed by atoms with van der Waals surface area (Å²) in [4.78, 5) is 10.2. The van der Waals surface area contributed by atoms with E-state index in [4.69, 9.17) is 9.78 Å². The minimum atomic E-state index is 0.177. The van der Waals surface area contributed by atoms with Crippen molar-refractivity contribution in [3.63, 3.8) is 0 Å². The Labute approximate surface area is 133 Å². The quantitative estimate of drug-likeness (QED) is 0.167. The van der Waals surface area contributed by atoms with Crippen LogP contribution in [0.25, 0.3) is 0 Å². The van der Waals surface area contributed by atoms with Gasteiger partial charge in [-0.2, -0.15) is 0 Å². The first-order valence-electron chi connectivity index (χ1n) is 9.55. The van der Waals surface area contributed by atoms with Crippen molar-refractivity contribution in [1.82, 2.24) is 0 Å². The summed E-state index contributed by atoms with van der Waals surface area (Å²) in [5.41, 5.74) is 0. The molecule has 0 spiro atoms. The molecule has 0 rings (SSSR count). The molecule has 0 aromatic rings. The van der Waals surface area contributed by atoms with Crippen LogP contribution in [0.4, 0.5) is 0 Å². The minimum Gasteiger partial charge on any atom is -0.236 e. The van der Waals surface area contributed by atoms with Gasteiger partial charge in [-0.3, -0.25) is 0 Å². The van der Waals surface area contributed by atoms with Crippen LogP contribution < -0.4 is 0 Å². The minimum absolute atomic E-state index is 0.177. The summed E-state index contributed by atoms with van der Waals surface area (Å²) in [5, 5.41) is 0. The van der Waals surface area contributed by atoms with Crippen LogP contribution in [0.1, 0.15) is 111 Å². The van der Waals surface area contributed by atoms with Gasteiger partial charge in [-0.1, -0.05) is 90.4 Å². The lowest BCUT2D eigenvalue weighted by Gasteiger charge is -2.06. The number of unbranched alkanes of at least 4 members (excludes halogenated alkanes) is 13. The van der Waals surface area contributed by atoms with Gasteiger partial charge in [0.1, 0.15) is 0 Å². The van der Waals surface area contributed by atoms with E-state index in [1.165, 1.54) is 83.5 Å². The first kappa shape index (κ1) is 20.9. The van der Waals surface area contributed by atoms with E-state index in [0.29, 0.717) is 0 Å². The Morgan fingerprint density at radius 3 is 1.33 bits per heavy atom. The van der Waals surface area contributed by atoms with Crippen LogP contribution in [0.2, 0.25) is 0 Å². The van der Waals surface area contributed by atoms with Crippen molar-refractivity contribution in [1.29, 1.82) is 0 Å². The lowest BCUT2D eigenvalue weighted by atomic mass is 10.0. The highest BCUT2D eigenvalue weighted by atomic mass is 17.2. The molecule has 0 aliphatic heterocycles. The molecule has 0 aromatic carbocycles. The third kappa shape index (κ3) is 19.9. The van der Waals surface area contributed by atoms with Gasteiger partial charge in [-0.05, 0) is 20.3 Å². The maximum absolute atomic E-state index is 5.10. The second-order valence-electron chi connectivity index (χ2n) is 6.56. The molecule has 0 heterocycles. The van der Waals surface area contributed by atoms with E-state index in [0.717, 1.165) is 13.0 Å². The standard InChI is InChI=1S/C19H40O2/c1-4-5-6-7-8-9-10-11-12-13-14-15-16-17-18-20-21-19(2)3/h19H,4-18H2,1-3H3. The maximum atomic E-state index is 5.10. The van der Waals surface area contributed by atoms with E-state index in [1.54, 1.807) is 0 Å². The first-order valence-corrected chi connectivity index (χ1v) is 9.55. The van der Waals surface area contributed by atoms with Crippen molar-refractivity contribution < 1.29 is 9.78 Å². The molecule has 2 nitrogen and oxygen atoms in total. The van der Waals surface area contributed by atoms with Crippen molar-refractivity contribution in [3.8, 4) is 0 Å². The summed E-state index contributed by atoms with van der Waals surface area (Å²) in [7, 11) is 0. The molecular weight excluding hydrogens is 260 g/mol. The molecular formula is C19H40O2. The van der Waals surface area contributed by atoms with Crippen molar-refractivity contribution in [2.24, 2.45) is 0 Å². The highest BCUT2D eigenvalue weighted by Crippen LogP contribution is 2.12. The smallest absolute Gasteiger partial charge is 0.0873 e. The van der Waals surface area contributed by atoms with Crippen LogP contribution in [0, 0.1) is 0 Å². The fourth-order valence-electron chi connectivity index (χ4n) is 2.54. The average molecular weight is 301 g/mol. The van der Waals surface area contributed by atoms with E-state index in [-0.39, 0.29) is 6.10 Å². The zero-order chi connectivity index (χ0) is 15.6. The summed E-state index contributed by atoms with van der Waals surface area (Å²) in [5.74, 6) is 0. The third-order valence-electron chi connectivity index (χ3n) is 3.84. The summed E-state index contributed by atoms with van der Waals surface area (Å²) in [6.07, 6.45) is 19.7. The Morgan fingerprint density at radius 2 is 0.952 bits per heavy atom. The van der Waals surface area contributed by atoms with Gasteiger partial charge in [0.2, 0.25) is 0 Å². The molecule has 128 valence electrons. The summed E-state index contributed by atoms with van der Waals surface area (Å²) in [6, 6.07) is 0. The predicted octanol–water partition coefficient (Wildman–Crippen LogP) is 6.82. The molecule has 0 unspecified atom stereocenters. The zero-order valence-electron chi connectivity index (χ0n) is 15.0. The highest BCUT2D eigenvalue weighted by molar-refractivity contribution is 4.49. The topological polar surface area (TPSA) is 18.5 Å². The van der Waals surface area contributed by atoms with Crippen molar-refractivity contribution in [2.45, 2.75) is 117 Å². The Kier molecular flexibility index (Phi) is 17.9. The molecule has 2 heteroatoms. The van der Waals surface area contributed by atoms with Gasteiger partial charge in [-0.25, -0.2) is 9.78 Å². The van der Waals surface area contributed by atoms with E-state index < -0.39 is 0 Å². The molecule has 21 heavy (non-hydrogen) atoms. The zero-order valence-corrected chi connectivity index (χ0v) is 15.0. The second-order valence-corrected chi connectivity index (χ2v) is 6.56. The fourth-order valence-corrected chi connectivity index (χ4v) is 2.54. The normalized spacial score (nSPS) is 11.4. The van der Waals surface area contributed by atoms with E-state index in [2.05, 4.69) is 6.92 Å². The van der Waals surface area contributed by atoms with Crippen LogP contribution >= 0.6 is 0 Å². The molecule has 0 saturated carbocycles. The van der Waals surface area contributed by atoms with Crippen LogP contribution in [0.15, 0.2) is 0 Å². The van der Waals surface area contributed by atoms with Crippen LogP contribution in [0.5, 0.6) is 0 Å². The molecule has 0 radical (unpaired) electrons. The van der Waals surface area contributed by atoms with Gasteiger partial charge in [0.05, 0.1) is 12.7 Å². The van der Waals surface area contributed by atoms with Crippen molar-refractivity contribution >= 4 is 0 Å². The Hall–Kier alpha value is -0.0800. The van der Waals surface area contributed by atoms with Gasteiger partial charge in [0.15, 0.2) is 0 Å². The molecule has 0 aliphatic carbocycles. The Bertz CT molecular complexity index is 180. The summed E-state index contributed by atoms with van der Waals surface area (Å²) >= 11 is 0. The molecule has 0 atom stereocenters. The van der Waals surface area contributed by atoms with Crippen LogP contribution in [0.3, 0.4) is 0 Å². The number of rotatable bonds is 17. The van der Waals surface area contributed by atoms with E-state index in [1.807, 2.05) is 13.8 Å². The maximum Gasteiger partial charge on any atom is 0.0873 e. The summed E-state index contributed by atoms with van der Waals surface area (Å²) in [6.45, 7) is 7.01. The fraction of sp³-hybridized carbons (Fsp3) is 1.00. The number of hydrogen-bond acceptors (Lipinski definition) is 2. The van der Waals surface area contributed by atoms with E-state index in [9.17, 15) is 0 Å². The van der Waals surface area contributed by atoms with E-state index >= 15 is 0 Å². The van der Waals surface area contributed by atoms with Crippen molar-refractivity contribution in [3.05, 3.63) is 0 Å². The molecule has 0 saturated heterocycles. The lowest BCUT2D eigenvalue weighted by molar-refractivity contribution is -0.317. The molecule has 0 N–H and O–H groups in total. The summed E-state index contributed by atoms with van der Waals surface area (Å²) < 4.78 is 0. The van der Waals surface area contributed by atoms with Gasteiger partial charge in [0.25, 0.3) is 0 Å². The molecule has 0 amide bonds.